The highest BCUT2D eigenvalue weighted by Crippen LogP contribution is 2.34. The minimum atomic E-state index is -0.631. The molecule has 1 N–H and O–H groups in total. The number of ether oxygens (including phenoxy) is 3. The van der Waals surface area contributed by atoms with E-state index in [1.54, 1.807) is 25.1 Å². The number of anilines is 1. The molecule has 0 bridgehead atoms. The van der Waals surface area contributed by atoms with Crippen LogP contribution in [-0.2, 0) is 10.2 Å². The second-order valence-electron chi connectivity index (χ2n) is 7.06. The molecule has 1 amide bonds. The van der Waals surface area contributed by atoms with E-state index in [2.05, 4.69) is 26.1 Å². The van der Waals surface area contributed by atoms with Gasteiger partial charge < -0.3 is 19.5 Å². The maximum atomic E-state index is 12.5. The highest BCUT2D eigenvalue weighted by atomic mass is 16.7. The predicted octanol–water partition coefficient (Wildman–Crippen LogP) is 4.12. The van der Waals surface area contributed by atoms with Gasteiger partial charge in [0.1, 0.15) is 5.75 Å². The molecule has 0 aliphatic carbocycles. The van der Waals surface area contributed by atoms with Crippen molar-refractivity contribution < 1.29 is 19.0 Å². The fourth-order valence-corrected chi connectivity index (χ4v) is 2.65. The van der Waals surface area contributed by atoms with Crippen molar-refractivity contribution in [3.8, 4) is 17.2 Å². The lowest BCUT2D eigenvalue weighted by atomic mass is 9.86. The maximum absolute atomic E-state index is 12.5. The first kappa shape index (κ1) is 17.1. The molecule has 0 fully saturated rings. The van der Waals surface area contributed by atoms with Gasteiger partial charge in [0.2, 0.25) is 6.79 Å². The summed E-state index contributed by atoms with van der Waals surface area (Å²) in [6.07, 6.45) is -0.631. The van der Waals surface area contributed by atoms with Crippen LogP contribution in [0.15, 0.2) is 42.5 Å². The Hall–Kier alpha value is -2.69. The molecule has 1 unspecified atom stereocenters. The van der Waals surface area contributed by atoms with Gasteiger partial charge in [0.25, 0.3) is 5.91 Å². The largest absolute Gasteiger partial charge is 0.481 e. The molecule has 2 aromatic rings. The lowest BCUT2D eigenvalue weighted by Gasteiger charge is -2.24. The molecule has 1 atom stereocenters. The summed E-state index contributed by atoms with van der Waals surface area (Å²) in [5.74, 6) is 1.82. The highest BCUT2D eigenvalue weighted by Gasteiger charge is 2.22. The third-order valence-corrected chi connectivity index (χ3v) is 4.01. The average molecular weight is 341 g/mol. The van der Waals surface area contributed by atoms with Crippen molar-refractivity contribution >= 4 is 11.6 Å². The van der Waals surface area contributed by atoms with Crippen LogP contribution in [0.1, 0.15) is 33.3 Å². The van der Waals surface area contributed by atoms with Crippen molar-refractivity contribution in [3.05, 3.63) is 48.0 Å². The lowest BCUT2D eigenvalue weighted by Crippen LogP contribution is -2.31. The molecule has 5 heteroatoms. The van der Waals surface area contributed by atoms with E-state index in [9.17, 15) is 4.79 Å². The topological polar surface area (TPSA) is 56.8 Å². The van der Waals surface area contributed by atoms with Gasteiger partial charge >= 0.3 is 0 Å². The van der Waals surface area contributed by atoms with Gasteiger partial charge in [0, 0.05) is 11.8 Å². The van der Waals surface area contributed by atoms with Crippen LogP contribution in [0.25, 0.3) is 0 Å². The molecule has 0 saturated carbocycles. The summed E-state index contributed by atoms with van der Waals surface area (Å²) in [4.78, 5) is 12.5. The molecule has 2 aromatic carbocycles. The van der Waals surface area contributed by atoms with Crippen molar-refractivity contribution in [3.63, 3.8) is 0 Å². The first-order valence-electron chi connectivity index (χ1n) is 8.31. The van der Waals surface area contributed by atoms with E-state index >= 15 is 0 Å². The van der Waals surface area contributed by atoms with E-state index in [-0.39, 0.29) is 18.1 Å². The Balaban J connectivity index is 1.69. The molecule has 25 heavy (non-hydrogen) atoms. The molecule has 1 aliphatic rings. The first-order valence-corrected chi connectivity index (χ1v) is 8.31. The Bertz CT molecular complexity index is 780. The van der Waals surface area contributed by atoms with Crippen LogP contribution >= 0.6 is 0 Å². The normalized spacial score (nSPS) is 14.1. The summed E-state index contributed by atoms with van der Waals surface area (Å²) < 4.78 is 16.5. The number of carbonyl (C=O) groups excluding carboxylic acids is 1. The number of benzene rings is 2. The highest BCUT2D eigenvalue weighted by molar-refractivity contribution is 5.94. The van der Waals surface area contributed by atoms with Gasteiger partial charge in [-0.25, -0.2) is 0 Å². The van der Waals surface area contributed by atoms with Crippen LogP contribution in [-0.4, -0.2) is 18.8 Å². The number of hydrogen-bond acceptors (Lipinski definition) is 4. The third kappa shape index (κ3) is 3.87. The van der Waals surface area contributed by atoms with Crippen molar-refractivity contribution in [2.45, 2.75) is 39.2 Å². The zero-order valence-electron chi connectivity index (χ0n) is 15.0. The smallest absolute Gasteiger partial charge is 0.265 e. The molecule has 0 aromatic heterocycles. The van der Waals surface area contributed by atoms with Gasteiger partial charge in [-0.2, -0.15) is 0 Å². The van der Waals surface area contributed by atoms with E-state index in [0.717, 1.165) is 11.3 Å². The third-order valence-electron chi connectivity index (χ3n) is 4.01. The van der Waals surface area contributed by atoms with E-state index < -0.39 is 6.10 Å². The Morgan fingerprint density at radius 2 is 1.84 bits per heavy atom. The number of hydrogen-bond donors (Lipinski definition) is 1. The number of carbonyl (C=O) groups is 1. The van der Waals surface area contributed by atoms with Crippen molar-refractivity contribution in [2.24, 2.45) is 0 Å². The van der Waals surface area contributed by atoms with Crippen LogP contribution in [0, 0.1) is 0 Å². The van der Waals surface area contributed by atoms with Gasteiger partial charge in [0.05, 0.1) is 0 Å². The zero-order valence-corrected chi connectivity index (χ0v) is 15.0. The number of para-hydroxylation sites is 1. The number of fused-ring (bicyclic) bond motifs is 1. The molecule has 5 nitrogen and oxygen atoms in total. The Morgan fingerprint density at radius 3 is 2.60 bits per heavy atom. The maximum Gasteiger partial charge on any atom is 0.265 e. The Morgan fingerprint density at radius 1 is 1.12 bits per heavy atom. The van der Waals surface area contributed by atoms with Crippen LogP contribution in [0.4, 0.5) is 5.69 Å². The predicted molar refractivity (Wildman–Crippen MR) is 96.4 cm³/mol. The molecule has 1 heterocycles. The molecule has 0 radical (unpaired) electrons. The quantitative estimate of drug-likeness (QED) is 0.909. The van der Waals surface area contributed by atoms with E-state index in [1.807, 2.05) is 24.3 Å². The zero-order chi connectivity index (χ0) is 18.0. The second kappa shape index (κ2) is 6.67. The monoisotopic (exact) mass is 341 g/mol. The van der Waals surface area contributed by atoms with Gasteiger partial charge in [-0.05, 0) is 36.1 Å². The summed E-state index contributed by atoms with van der Waals surface area (Å²) in [6, 6.07) is 13.1. The second-order valence-corrected chi connectivity index (χ2v) is 7.06. The average Bonchev–Trinajstić information content (AvgIpc) is 3.02. The van der Waals surface area contributed by atoms with Gasteiger partial charge in [-0.1, -0.05) is 39.0 Å². The molecule has 1 aliphatic heterocycles. The molecule has 3 rings (SSSR count). The van der Waals surface area contributed by atoms with Gasteiger partial charge in [0.15, 0.2) is 17.6 Å². The summed E-state index contributed by atoms with van der Waals surface area (Å²) in [7, 11) is 0. The van der Waals surface area contributed by atoms with E-state index in [4.69, 9.17) is 14.2 Å². The van der Waals surface area contributed by atoms with Crippen molar-refractivity contribution in [2.75, 3.05) is 12.1 Å². The number of amides is 1. The molecular formula is C20H23NO4. The lowest BCUT2D eigenvalue weighted by molar-refractivity contribution is -0.122. The summed E-state index contributed by atoms with van der Waals surface area (Å²) in [6.45, 7) is 8.29. The standard InChI is InChI=1S/C20H23NO4/c1-13(25-16-8-6-5-7-15(16)20(2,3)4)19(22)21-14-9-10-17-18(11-14)24-12-23-17/h5-11,13H,12H2,1-4H3,(H,21,22). The molecule has 132 valence electrons. The fourth-order valence-electron chi connectivity index (χ4n) is 2.65. The van der Waals surface area contributed by atoms with Gasteiger partial charge in [-0.3, -0.25) is 4.79 Å². The van der Waals surface area contributed by atoms with E-state index in [0.29, 0.717) is 17.2 Å². The number of nitrogens with one attached hydrogen (secondary N) is 1. The van der Waals surface area contributed by atoms with Crippen LogP contribution in [0.3, 0.4) is 0 Å². The van der Waals surface area contributed by atoms with E-state index in [1.165, 1.54) is 0 Å². The van der Waals surface area contributed by atoms with Crippen LogP contribution in [0.5, 0.6) is 17.2 Å². The first-order chi connectivity index (χ1) is 11.8. The van der Waals surface area contributed by atoms with Crippen molar-refractivity contribution in [1.82, 2.24) is 0 Å². The SMILES string of the molecule is CC(Oc1ccccc1C(C)(C)C)C(=O)Nc1ccc2c(c1)OCO2. The van der Waals surface area contributed by atoms with Crippen molar-refractivity contribution in [1.29, 1.82) is 0 Å². The summed E-state index contributed by atoms with van der Waals surface area (Å²) >= 11 is 0. The van der Waals surface area contributed by atoms with Gasteiger partial charge in [-0.15, -0.1) is 0 Å². The summed E-state index contributed by atoms with van der Waals surface area (Å²) in [5.41, 5.74) is 1.65. The fraction of sp³-hybridized carbons (Fsp3) is 0.350. The summed E-state index contributed by atoms with van der Waals surface area (Å²) in [5, 5.41) is 2.85. The Kier molecular flexibility index (Phi) is 4.57. The molecular weight excluding hydrogens is 318 g/mol. The molecule has 0 saturated heterocycles. The minimum absolute atomic E-state index is 0.0654. The Labute approximate surface area is 147 Å². The van der Waals surface area contributed by atoms with Crippen LogP contribution < -0.4 is 19.5 Å². The minimum Gasteiger partial charge on any atom is -0.481 e. The number of rotatable bonds is 4. The molecule has 0 spiro atoms. The van der Waals surface area contributed by atoms with Crippen LogP contribution in [0.2, 0.25) is 0 Å².